The van der Waals surface area contributed by atoms with Gasteiger partial charge in [-0.3, -0.25) is 9.78 Å². The number of aromatic nitrogens is 1. The second kappa shape index (κ2) is 7.38. The molecule has 6 nitrogen and oxygen atoms in total. The molecule has 1 N–H and O–H groups in total. The average Bonchev–Trinajstić information content (AvgIpc) is 2.70. The van der Waals surface area contributed by atoms with Crippen molar-refractivity contribution in [1.29, 1.82) is 0 Å². The highest BCUT2D eigenvalue weighted by molar-refractivity contribution is 5.77. The van der Waals surface area contributed by atoms with Crippen LogP contribution in [-0.4, -0.2) is 59.9 Å². The topological polar surface area (TPSA) is 71.9 Å². The number of aliphatic hydroxyl groups excluding tert-OH is 1. The van der Waals surface area contributed by atoms with Crippen LogP contribution in [0.25, 0.3) is 0 Å². The van der Waals surface area contributed by atoms with E-state index in [0.29, 0.717) is 18.9 Å². The van der Waals surface area contributed by atoms with E-state index in [1.165, 1.54) is 0 Å². The Morgan fingerprint density at radius 2 is 2.38 bits per heavy atom. The third-order valence-electron chi connectivity index (χ3n) is 3.36. The average molecular weight is 294 g/mol. The molecule has 1 amide bonds. The van der Waals surface area contributed by atoms with E-state index in [1.807, 2.05) is 26.0 Å². The van der Waals surface area contributed by atoms with Gasteiger partial charge >= 0.3 is 0 Å². The highest BCUT2D eigenvalue weighted by Gasteiger charge is 2.21. The molecule has 21 heavy (non-hydrogen) atoms. The Hall–Kier alpha value is -1.66. The summed E-state index contributed by atoms with van der Waals surface area (Å²) >= 11 is 0. The SMILES string of the molecule is CCc1nc(C)ccc1OCC(=O)N1CCOC[C@H](O)C1. The molecule has 1 aromatic rings. The molecule has 0 aromatic carbocycles. The van der Waals surface area contributed by atoms with E-state index in [4.69, 9.17) is 9.47 Å². The Balaban J connectivity index is 1.94. The number of β-amino-alcohol motifs (C(OH)–C–C–N with tert-alkyl or cyclic N) is 1. The first kappa shape index (κ1) is 15.7. The van der Waals surface area contributed by atoms with E-state index in [1.54, 1.807) is 4.90 Å². The van der Waals surface area contributed by atoms with Crippen LogP contribution in [0, 0.1) is 6.92 Å². The minimum Gasteiger partial charge on any atom is -0.482 e. The molecule has 1 fully saturated rings. The fraction of sp³-hybridized carbons (Fsp3) is 0.600. The molecule has 0 spiro atoms. The van der Waals surface area contributed by atoms with E-state index in [9.17, 15) is 9.90 Å². The third-order valence-corrected chi connectivity index (χ3v) is 3.36. The molecule has 1 atom stereocenters. The maximum Gasteiger partial charge on any atom is 0.260 e. The van der Waals surface area contributed by atoms with Gasteiger partial charge in [0, 0.05) is 18.8 Å². The lowest BCUT2D eigenvalue weighted by atomic mass is 10.2. The first-order chi connectivity index (χ1) is 10.1. The summed E-state index contributed by atoms with van der Waals surface area (Å²) in [6, 6.07) is 3.71. The number of carbonyl (C=O) groups is 1. The molecule has 1 aromatic heterocycles. The standard InChI is InChI=1S/C15H22N2O4/c1-3-13-14(5-4-11(2)16-13)21-10-15(19)17-6-7-20-9-12(18)8-17/h4-5,12,18H,3,6-10H2,1-2H3/t12-/m1/s1. The van der Waals surface area contributed by atoms with Crippen molar-refractivity contribution in [3.63, 3.8) is 0 Å². The summed E-state index contributed by atoms with van der Waals surface area (Å²) in [4.78, 5) is 18.1. The summed E-state index contributed by atoms with van der Waals surface area (Å²) in [6.07, 6.45) is 0.116. The minimum absolute atomic E-state index is 0.0511. The Kier molecular flexibility index (Phi) is 5.52. The monoisotopic (exact) mass is 294 g/mol. The van der Waals surface area contributed by atoms with Gasteiger partial charge in [0.05, 0.1) is 25.0 Å². The number of nitrogens with zero attached hydrogens (tertiary/aromatic N) is 2. The van der Waals surface area contributed by atoms with Crippen LogP contribution in [0.2, 0.25) is 0 Å². The van der Waals surface area contributed by atoms with Gasteiger partial charge in [0.25, 0.3) is 5.91 Å². The molecule has 0 aliphatic carbocycles. The molecule has 6 heteroatoms. The van der Waals surface area contributed by atoms with E-state index in [-0.39, 0.29) is 25.7 Å². The summed E-state index contributed by atoms with van der Waals surface area (Å²) < 4.78 is 10.8. The normalized spacial score (nSPS) is 19.2. The van der Waals surface area contributed by atoms with Gasteiger partial charge in [-0.25, -0.2) is 0 Å². The van der Waals surface area contributed by atoms with E-state index in [0.717, 1.165) is 17.8 Å². The quantitative estimate of drug-likeness (QED) is 0.878. The van der Waals surface area contributed by atoms with E-state index < -0.39 is 6.10 Å². The number of hydrogen-bond donors (Lipinski definition) is 1. The largest absolute Gasteiger partial charge is 0.482 e. The van der Waals surface area contributed by atoms with Gasteiger partial charge in [0.2, 0.25) is 0 Å². The summed E-state index contributed by atoms with van der Waals surface area (Å²) in [5.41, 5.74) is 1.78. The fourth-order valence-electron chi connectivity index (χ4n) is 2.23. The van der Waals surface area contributed by atoms with Gasteiger partial charge in [-0.15, -0.1) is 0 Å². The second-order valence-electron chi connectivity index (χ2n) is 5.11. The first-order valence-electron chi connectivity index (χ1n) is 7.23. The number of ether oxygens (including phenoxy) is 2. The molecule has 116 valence electrons. The Labute approximate surface area is 124 Å². The molecular formula is C15H22N2O4. The second-order valence-corrected chi connectivity index (χ2v) is 5.11. The van der Waals surface area contributed by atoms with E-state index in [2.05, 4.69) is 4.98 Å². The maximum atomic E-state index is 12.2. The zero-order valence-electron chi connectivity index (χ0n) is 12.5. The van der Waals surface area contributed by atoms with Crippen molar-refractivity contribution in [3.05, 3.63) is 23.5 Å². The molecule has 0 unspecified atom stereocenters. The molecule has 1 saturated heterocycles. The van der Waals surface area contributed by atoms with Gasteiger partial charge in [0.1, 0.15) is 5.75 Å². The van der Waals surface area contributed by atoms with Gasteiger partial charge in [-0.2, -0.15) is 0 Å². The maximum absolute atomic E-state index is 12.2. The Bertz CT molecular complexity index is 493. The van der Waals surface area contributed by atoms with Crippen molar-refractivity contribution < 1.29 is 19.4 Å². The van der Waals surface area contributed by atoms with Crippen LogP contribution >= 0.6 is 0 Å². The van der Waals surface area contributed by atoms with Crippen molar-refractivity contribution >= 4 is 5.91 Å². The number of carbonyl (C=O) groups excluding carboxylic acids is 1. The third kappa shape index (κ3) is 4.41. The molecular weight excluding hydrogens is 272 g/mol. The lowest BCUT2D eigenvalue weighted by Crippen LogP contribution is -2.40. The van der Waals surface area contributed by atoms with Gasteiger partial charge in [-0.1, -0.05) is 6.92 Å². The summed E-state index contributed by atoms with van der Waals surface area (Å²) in [5, 5.41) is 9.64. The molecule has 1 aliphatic rings. The van der Waals surface area contributed by atoms with Crippen LogP contribution in [0.3, 0.4) is 0 Å². The lowest BCUT2D eigenvalue weighted by molar-refractivity contribution is -0.134. The highest BCUT2D eigenvalue weighted by Crippen LogP contribution is 2.17. The zero-order valence-corrected chi connectivity index (χ0v) is 12.5. The van der Waals surface area contributed by atoms with Crippen molar-refractivity contribution in [2.45, 2.75) is 26.4 Å². The number of pyridine rings is 1. The molecule has 0 bridgehead atoms. The Morgan fingerprint density at radius 3 is 3.14 bits per heavy atom. The minimum atomic E-state index is -0.635. The summed E-state index contributed by atoms with van der Waals surface area (Å²) in [5.74, 6) is 0.491. The highest BCUT2D eigenvalue weighted by atomic mass is 16.5. The first-order valence-corrected chi connectivity index (χ1v) is 7.23. The number of amides is 1. The van der Waals surface area contributed by atoms with Crippen molar-refractivity contribution in [3.8, 4) is 5.75 Å². The molecule has 0 saturated carbocycles. The molecule has 1 aliphatic heterocycles. The van der Waals surface area contributed by atoms with Crippen LogP contribution in [0.15, 0.2) is 12.1 Å². The van der Waals surface area contributed by atoms with Crippen LogP contribution in [0.5, 0.6) is 5.75 Å². The van der Waals surface area contributed by atoms with Crippen molar-refractivity contribution in [2.75, 3.05) is 32.9 Å². The molecule has 2 heterocycles. The van der Waals surface area contributed by atoms with Gasteiger partial charge in [0.15, 0.2) is 6.61 Å². The van der Waals surface area contributed by atoms with Crippen molar-refractivity contribution in [1.82, 2.24) is 9.88 Å². The van der Waals surface area contributed by atoms with Gasteiger partial charge < -0.3 is 19.5 Å². The molecule has 2 rings (SSSR count). The van der Waals surface area contributed by atoms with Crippen molar-refractivity contribution in [2.24, 2.45) is 0 Å². The summed E-state index contributed by atoms with van der Waals surface area (Å²) in [6.45, 7) is 5.35. The van der Waals surface area contributed by atoms with E-state index >= 15 is 0 Å². The smallest absolute Gasteiger partial charge is 0.260 e. The van der Waals surface area contributed by atoms with Crippen LogP contribution in [0.1, 0.15) is 18.3 Å². The van der Waals surface area contributed by atoms with Crippen LogP contribution < -0.4 is 4.74 Å². The predicted molar refractivity (Wildman–Crippen MR) is 77.3 cm³/mol. The van der Waals surface area contributed by atoms with Crippen LogP contribution in [-0.2, 0) is 16.0 Å². The molecule has 0 radical (unpaired) electrons. The fourth-order valence-corrected chi connectivity index (χ4v) is 2.23. The predicted octanol–water partition coefficient (Wildman–Crippen LogP) is 0.551. The number of hydrogen-bond acceptors (Lipinski definition) is 5. The summed E-state index contributed by atoms with van der Waals surface area (Å²) in [7, 11) is 0. The lowest BCUT2D eigenvalue weighted by Gasteiger charge is -2.21. The Morgan fingerprint density at radius 1 is 1.57 bits per heavy atom. The number of aryl methyl sites for hydroxylation is 2. The van der Waals surface area contributed by atoms with Crippen LogP contribution in [0.4, 0.5) is 0 Å². The van der Waals surface area contributed by atoms with Gasteiger partial charge in [-0.05, 0) is 25.5 Å². The zero-order chi connectivity index (χ0) is 15.2. The number of aliphatic hydroxyl groups is 1. The number of rotatable bonds is 4.